The van der Waals surface area contributed by atoms with Crippen molar-refractivity contribution < 1.29 is 23.2 Å². The topological polar surface area (TPSA) is 134 Å². The zero-order chi connectivity index (χ0) is 26.9. The number of aryl methyl sites for hydroxylation is 1. The lowest BCUT2D eigenvalue weighted by molar-refractivity contribution is 0.0955. The van der Waals surface area contributed by atoms with Crippen molar-refractivity contribution in [2.24, 2.45) is 5.16 Å². The Balaban J connectivity index is 1.95. The minimum Gasteiger partial charge on any atom is -0.396 e. The quantitative estimate of drug-likeness (QED) is 0.226. The molecule has 2 amide bonds. The highest BCUT2D eigenvalue weighted by molar-refractivity contribution is 6.32. The highest BCUT2D eigenvalue weighted by atomic mass is 35.5. The van der Waals surface area contributed by atoms with E-state index in [0.717, 1.165) is 10.7 Å². The number of oxime groups is 1. The molecule has 2 heterocycles. The van der Waals surface area contributed by atoms with Gasteiger partial charge in [-0.05, 0) is 49.7 Å². The van der Waals surface area contributed by atoms with Crippen LogP contribution in [0, 0.1) is 18.3 Å². The second-order valence-corrected chi connectivity index (χ2v) is 7.91. The van der Waals surface area contributed by atoms with Crippen LogP contribution in [0.1, 0.15) is 57.4 Å². The number of nitrogens with zero attached hydrogens (tertiary/aromatic N) is 5. The van der Waals surface area contributed by atoms with E-state index < -0.39 is 23.9 Å². The number of benzene rings is 1. The second kappa shape index (κ2) is 12.5. The van der Waals surface area contributed by atoms with Gasteiger partial charge in [-0.1, -0.05) is 16.8 Å². The third kappa shape index (κ3) is 6.65. The van der Waals surface area contributed by atoms with Crippen LogP contribution < -0.4 is 10.6 Å². The molecule has 0 saturated carbocycles. The maximum absolute atomic E-state index is 13.4. The zero-order valence-corrected chi connectivity index (χ0v) is 20.6. The van der Waals surface area contributed by atoms with E-state index in [2.05, 4.69) is 25.9 Å². The summed E-state index contributed by atoms with van der Waals surface area (Å²) in [5.41, 5.74) is -0.214. The molecule has 13 heteroatoms. The van der Waals surface area contributed by atoms with Gasteiger partial charge in [-0.15, -0.1) is 0 Å². The molecule has 37 heavy (non-hydrogen) atoms. The molecule has 3 rings (SSSR count). The van der Waals surface area contributed by atoms with Crippen molar-refractivity contribution in [3.8, 4) is 11.9 Å². The number of hydrogen-bond donors (Lipinski definition) is 2. The summed E-state index contributed by atoms with van der Waals surface area (Å²) in [7, 11) is 0. The Labute approximate surface area is 215 Å². The molecule has 192 valence electrons. The van der Waals surface area contributed by atoms with Crippen LogP contribution in [0.4, 0.5) is 14.5 Å². The lowest BCUT2D eigenvalue weighted by atomic mass is 10.0. The Kier molecular flexibility index (Phi) is 9.23. The number of hydrogen-bond acceptors (Lipinski definition) is 7. The molecule has 0 spiro atoms. The Morgan fingerprint density at radius 1 is 1.32 bits per heavy atom. The summed E-state index contributed by atoms with van der Waals surface area (Å²) < 4.78 is 27.8. The zero-order valence-electron chi connectivity index (χ0n) is 19.8. The van der Waals surface area contributed by atoms with Gasteiger partial charge >= 0.3 is 0 Å². The van der Waals surface area contributed by atoms with Crippen LogP contribution in [-0.4, -0.2) is 45.9 Å². The summed E-state index contributed by atoms with van der Waals surface area (Å²) in [5, 5.41) is 22.2. The van der Waals surface area contributed by atoms with E-state index in [1.807, 2.05) is 6.07 Å². The lowest BCUT2D eigenvalue weighted by Gasteiger charge is -2.15. The maximum Gasteiger partial charge on any atom is 0.282 e. The van der Waals surface area contributed by atoms with Crippen LogP contribution in [0.5, 0.6) is 0 Å². The molecule has 0 aliphatic carbocycles. The smallest absolute Gasteiger partial charge is 0.282 e. The number of rotatable bonds is 10. The van der Waals surface area contributed by atoms with E-state index in [4.69, 9.17) is 16.4 Å². The number of halogens is 3. The van der Waals surface area contributed by atoms with Crippen molar-refractivity contribution in [3.63, 3.8) is 0 Å². The summed E-state index contributed by atoms with van der Waals surface area (Å²) in [6.07, 6.45) is 0.289. The molecule has 0 radical (unpaired) electrons. The number of carbonyl (C=O) groups is 2. The Hall–Kier alpha value is -4.37. The minimum absolute atomic E-state index is 0.0164. The van der Waals surface area contributed by atoms with Gasteiger partial charge in [-0.25, -0.2) is 18.4 Å². The average Bonchev–Trinajstić information content (AvgIpc) is 3.33. The van der Waals surface area contributed by atoms with Crippen molar-refractivity contribution in [3.05, 3.63) is 69.6 Å². The summed E-state index contributed by atoms with van der Waals surface area (Å²) in [6.45, 7) is 4.00. The SMILES string of the molecule is CCO/N=C/CCNC(=O)c1cc(C#N)cc(C)c1NC(=O)c1cc(C(F)F)nn1-c1ncccc1Cl. The standard InChI is InChI=1S/C24H22ClF2N7O3/c1-3-37-31-9-5-8-30-23(35)16-11-15(13-28)10-14(2)20(16)32-24(36)19-12-18(21(26)27)33-34(19)22-17(25)6-4-7-29-22/h4,6-7,9-12,21H,3,5,8H2,1-2H3,(H,30,35)(H,32,36)/b31-9+. The Bertz CT molecular complexity index is 1370. The van der Waals surface area contributed by atoms with Gasteiger partial charge in [-0.3, -0.25) is 9.59 Å². The molecule has 2 N–H and O–H groups in total. The van der Waals surface area contributed by atoms with Gasteiger partial charge in [0.1, 0.15) is 18.0 Å². The second-order valence-electron chi connectivity index (χ2n) is 7.51. The Morgan fingerprint density at radius 3 is 2.78 bits per heavy atom. The Morgan fingerprint density at radius 2 is 2.11 bits per heavy atom. The number of alkyl halides is 2. The van der Waals surface area contributed by atoms with Crippen molar-refractivity contribution in [1.29, 1.82) is 5.26 Å². The molecule has 0 unspecified atom stereocenters. The normalized spacial score (nSPS) is 10.9. The van der Waals surface area contributed by atoms with Crippen molar-refractivity contribution >= 4 is 35.3 Å². The van der Waals surface area contributed by atoms with E-state index >= 15 is 0 Å². The molecule has 0 aliphatic rings. The maximum atomic E-state index is 13.4. The average molecular weight is 530 g/mol. The molecule has 10 nitrogen and oxygen atoms in total. The van der Waals surface area contributed by atoms with Crippen LogP contribution in [0.3, 0.4) is 0 Å². The molecular formula is C24H22ClF2N7O3. The third-order valence-corrected chi connectivity index (χ3v) is 5.20. The molecule has 1 aromatic carbocycles. The first-order valence-electron chi connectivity index (χ1n) is 11.0. The fraction of sp³-hybridized carbons (Fsp3) is 0.250. The minimum atomic E-state index is -2.96. The van der Waals surface area contributed by atoms with E-state index in [0.29, 0.717) is 18.6 Å². The fourth-order valence-electron chi connectivity index (χ4n) is 3.26. The van der Waals surface area contributed by atoms with E-state index in [9.17, 15) is 23.6 Å². The monoisotopic (exact) mass is 529 g/mol. The highest BCUT2D eigenvalue weighted by Crippen LogP contribution is 2.27. The summed E-state index contributed by atoms with van der Waals surface area (Å²) >= 11 is 6.16. The number of amides is 2. The number of anilines is 1. The van der Waals surface area contributed by atoms with E-state index in [1.54, 1.807) is 13.8 Å². The molecule has 0 saturated heterocycles. The van der Waals surface area contributed by atoms with Gasteiger partial charge in [0, 0.05) is 25.4 Å². The van der Waals surface area contributed by atoms with Gasteiger partial charge in [-0.2, -0.15) is 10.4 Å². The lowest BCUT2D eigenvalue weighted by Crippen LogP contribution is -2.27. The number of pyridine rings is 1. The van der Waals surface area contributed by atoms with Crippen molar-refractivity contribution in [2.75, 3.05) is 18.5 Å². The van der Waals surface area contributed by atoms with Gasteiger partial charge in [0.15, 0.2) is 5.82 Å². The largest absolute Gasteiger partial charge is 0.396 e. The number of aromatic nitrogens is 3. The predicted octanol–water partition coefficient (Wildman–Crippen LogP) is 4.43. The molecule has 3 aromatic rings. The fourth-order valence-corrected chi connectivity index (χ4v) is 3.46. The first-order chi connectivity index (χ1) is 17.8. The number of nitrogens with one attached hydrogen (secondary N) is 2. The first-order valence-corrected chi connectivity index (χ1v) is 11.4. The predicted molar refractivity (Wildman–Crippen MR) is 132 cm³/mol. The molecule has 0 fully saturated rings. The first kappa shape index (κ1) is 27.2. The molecular weight excluding hydrogens is 508 g/mol. The van der Waals surface area contributed by atoms with Crippen LogP contribution >= 0.6 is 11.6 Å². The number of nitriles is 1. The summed E-state index contributed by atoms with van der Waals surface area (Å²) in [4.78, 5) is 35.1. The van der Waals surface area contributed by atoms with E-state index in [-0.39, 0.29) is 39.9 Å². The van der Waals surface area contributed by atoms with Gasteiger partial charge in [0.2, 0.25) is 0 Å². The van der Waals surface area contributed by atoms with Crippen molar-refractivity contribution in [2.45, 2.75) is 26.7 Å². The molecule has 0 bridgehead atoms. The molecule has 0 aliphatic heterocycles. The van der Waals surface area contributed by atoms with Crippen LogP contribution in [0.25, 0.3) is 5.82 Å². The van der Waals surface area contributed by atoms with Gasteiger partial charge in [0.25, 0.3) is 18.2 Å². The van der Waals surface area contributed by atoms with E-state index in [1.165, 1.54) is 36.7 Å². The third-order valence-electron chi connectivity index (χ3n) is 4.91. The van der Waals surface area contributed by atoms with Gasteiger partial charge < -0.3 is 15.5 Å². The summed E-state index contributed by atoms with van der Waals surface area (Å²) in [6, 6.07) is 8.71. The highest BCUT2D eigenvalue weighted by Gasteiger charge is 2.25. The number of carbonyl (C=O) groups excluding carboxylic acids is 2. The van der Waals surface area contributed by atoms with Crippen LogP contribution in [0.2, 0.25) is 5.02 Å². The van der Waals surface area contributed by atoms with Gasteiger partial charge in [0.05, 0.1) is 27.9 Å². The summed E-state index contributed by atoms with van der Waals surface area (Å²) in [5.74, 6) is -1.42. The van der Waals surface area contributed by atoms with Crippen LogP contribution in [0.15, 0.2) is 41.7 Å². The molecule has 2 aromatic heterocycles. The van der Waals surface area contributed by atoms with Crippen molar-refractivity contribution in [1.82, 2.24) is 20.1 Å². The van der Waals surface area contributed by atoms with Crippen LogP contribution in [-0.2, 0) is 4.84 Å². The molecule has 0 atom stereocenters.